The van der Waals surface area contributed by atoms with E-state index in [-0.39, 0.29) is 11.3 Å². The highest BCUT2D eigenvalue weighted by Gasteiger charge is 2.26. The number of hydrogen-bond acceptors (Lipinski definition) is 5. The summed E-state index contributed by atoms with van der Waals surface area (Å²) in [5.41, 5.74) is 1.17. The standard InChI is InChI=1S/C14H14N2O3S/c17-11-3-1-2-9(13(11)18)14(19)15-6-12-16-10(7-20-12)8-4-5-8/h1-3,7-8,17-18H,4-6H2,(H,15,19). The van der Waals surface area contributed by atoms with Crippen molar-refractivity contribution in [2.45, 2.75) is 25.3 Å². The number of hydrogen-bond donors (Lipinski definition) is 3. The van der Waals surface area contributed by atoms with Crippen molar-refractivity contribution in [1.29, 1.82) is 0 Å². The normalized spacial score (nSPS) is 14.2. The Bertz CT molecular complexity index is 650. The van der Waals surface area contributed by atoms with Gasteiger partial charge in [0.1, 0.15) is 5.01 Å². The Hall–Kier alpha value is -2.08. The first-order valence-corrected chi connectivity index (χ1v) is 7.26. The molecule has 6 heteroatoms. The van der Waals surface area contributed by atoms with Crippen LogP contribution in [0, 0.1) is 0 Å². The van der Waals surface area contributed by atoms with Gasteiger partial charge < -0.3 is 15.5 Å². The summed E-state index contributed by atoms with van der Waals surface area (Å²) in [6.45, 7) is 0.325. The number of nitrogens with one attached hydrogen (secondary N) is 1. The number of aromatic nitrogens is 1. The maximum absolute atomic E-state index is 11.9. The van der Waals surface area contributed by atoms with Crippen molar-refractivity contribution in [3.05, 3.63) is 39.8 Å². The van der Waals surface area contributed by atoms with Crippen molar-refractivity contribution in [3.8, 4) is 11.5 Å². The summed E-state index contributed by atoms with van der Waals surface area (Å²) >= 11 is 1.52. The molecule has 0 radical (unpaired) electrons. The number of para-hydroxylation sites is 1. The number of nitrogens with zero attached hydrogens (tertiary/aromatic N) is 1. The van der Waals surface area contributed by atoms with Crippen LogP contribution in [0.15, 0.2) is 23.6 Å². The van der Waals surface area contributed by atoms with E-state index in [1.165, 1.54) is 42.4 Å². The molecule has 1 aromatic carbocycles. The lowest BCUT2D eigenvalue weighted by molar-refractivity contribution is 0.0947. The van der Waals surface area contributed by atoms with Crippen LogP contribution in [0.5, 0.6) is 11.5 Å². The van der Waals surface area contributed by atoms with Gasteiger partial charge in [-0.2, -0.15) is 0 Å². The van der Waals surface area contributed by atoms with Gasteiger partial charge in [0.2, 0.25) is 0 Å². The number of thiazole rings is 1. The van der Waals surface area contributed by atoms with Crippen molar-refractivity contribution in [2.24, 2.45) is 0 Å². The molecule has 0 aliphatic heterocycles. The van der Waals surface area contributed by atoms with E-state index in [4.69, 9.17) is 0 Å². The molecule has 3 N–H and O–H groups in total. The topological polar surface area (TPSA) is 82.5 Å². The average molecular weight is 290 g/mol. The van der Waals surface area contributed by atoms with E-state index in [0.29, 0.717) is 12.5 Å². The lowest BCUT2D eigenvalue weighted by Gasteiger charge is -2.06. The van der Waals surface area contributed by atoms with Crippen LogP contribution in [-0.4, -0.2) is 21.1 Å². The van der Waals surface area contributed by atoms with Gasteiger partial charge in [0.25, 0.3) is 5.91 Å². The quantitative estimate of drug-likeness (QED) is 0.755. The fourth-order valence-electron chi connectivity index (χ4n) is 1.94. The summed E-state index contributed by atoms with van der Waals surface area (Å²) in [4.78, 5) is 16.4. The molecule has 104 valence electrons. The molecule has 1 aliphatic rings. The number of aromatic hydroxyl groups is 2. The molecule has 0 bridgehead atoms. The predicted molar refractivity (Wildman–Crippen MR) is 75.0 cm³/mol. The molecule has 2 aromatic rings. The Morgan fingerprint density at radius 2 is 2.20 bits per heavy atom. The lowest BCUT2D eigenvalue weighted by Crippen LogP contribution is -2.22. The number of phenolic OH excluding ortho intramolecular Hbond substituents is 2. The molecule has 0 unspecified atom stereocenters. The first-order valence-electron chi connectivity index (χ1n) is 6.38. The second-order valence-electron chi connectivity index (χ2n) is 4.80. The summed E-state index contributed by atoms with van der Waals surface area (Å²) in [7, 11) is 0. The number of amides is 1. The smallest absolute Gasteiger partial charge is 0.255 e. The second kappa shape index (κ2) is 5.13. The summed E-state index contributed by atoms with van der Waals surface area (Å²) in [5, 5.41) is 24.6. The Morgan fingerprint density at radius 1 is 1.40 bits per heavy atom. The van der Waals surface area contributed by atoms with E-state index in [9.17, 15) is 15.0 Å². The van der Waals surface area contributed by atoms with Crippen LogP contribution in [0.2, 0.25) is 0 Å². The molecule has 1 saturated carbocycles. The van der Waals surface area contributed by atoms with Crippen molar-refractivity contribution in [3.63, 3.8) is 0 Å². The summed E-state index contributed by atoms with van der Waals surface area (Å²) < 4.78 is 0. The van der Waals surface area contributed by atoms with Gasteiger partial charge in [-0.1, -0.05) is 6.07 Å². The van der Waals surface area contributed by atoms with Gasteiger partial charge in [-0.05, 0) is 25.0 Å². The highest BCUT2D eigenvalue weighted by Crippen LogP contribution is 2.40. The second-order valence-corrected chi connectivity index (χ2v) is 5.74. The van der Waals surface area contributed by atoms with Crippen molar-refractivity contribution < 1.29 is 15.0 Å². The maximum Gasteiger partial charge on any atom is 0.255 e. The molecule has 20 heavy (non-hydrogen) atoms. The molecular weight excluding hydrogens is 276 g/mol. The minimum absolute atomic E-state index is 0.0592. The monoisotopic (exact) mass is 290 g/mol. The molecule has 0 saturated heterocycles. The summed E-state index contributed by atoms with van der Waals surface area (Å²) in [6, 6.07) is 4.30. The molecule has 1 amide bonds. The van der Waals surface area contributed by atoms with Crippen LogP contribution in [0.4, 0.5) is 0 Å². The molecule has 1 fully saturated rings. The third kappa shape index (κ3) is 2.60. The van der Waals surface area contributed by atoms with Crippen LogP contribution >= 0.6 is 11.3 Å². The molecule has 3 rings (SSSR count). The van der Waals surface area contributed by atoms with Crippen LogP contribution in [0.25, 0.3) is 0 Å². The van der Waals surface area contributed by atoms with Gasteiger partial charge >= 0.3 is 0 Å². The van der Waals surface area contributed by atoms with Crippen molar-refractivity contribution in [2.75, 3.05) is 0 Å². The van der Waals surface area contributed by atoms with E-state index in [2.05, 4.69) is 10.3 Å². The molecule has 0 atom stereocenters. The Morgan fingerprint density at radius 3 is 2.95 bits per heavy atom. The minimum Gasteiger partial charge on any atom is -0.504 e. The first kappa shape index (κ1) is 12.9. The molecular formula is C14H14N2O3S. The van der Waals surface area contributed by atoms with Gasteiger partial charge in [-0.25, -0.2) is 4.98 Å². The van der Waals surface area contributed by atoms with Crippen LogP contribution in [0.1, 0.15) is 39.8 Å². The molecule has 0 spiro atoms. The molecule has 1 aromatic heterocycles. The molecule has 5 nitrogen and oxygen atoms in total. The zero-order valence-corrected chi connectivity index (χ0v) is 11.5. The highest BCUT2D eigenvalue weighted by atomic mass is 32.1. The fraction of sp³-hybridized carbons (Fsp3) is 0.286. The summed E-state index contributed by atoms with van der Waals surface area (Å²) in [6.07, 6.45) is 2.40. The minimum atomic E-state index is -0.429. The maximum atomic E-state index is 11.9. The van der Waals surface area contributed by atoms with E-state index >= 15 is 0 Å². The Kier molecular flexibility index (Phi) is 3.31. The summed E-state index contributed by atoms with van der Waals surface area (Å²) in [5.74, 6) is -0.530. The number of rotatable bonds is 4. The van der Waals surface area contributed by atoms with Gasteiger partial charge in [0.05, 0.1) is 17.8 Å². The zero-order valence-electron chi connectivity index (χ0n) is 10.7. The number of carbonyl (C=O) groups is 1. The molecule has 1 aliphatic carbocycles. The fourth-order valence-corrected chi connectivity index (χ4v) is 2.75. The predicted octanol–water partition coefficient (Wildman–Crippen LogP) is 2.36. The van der Waals surface area contributed by atoms with Crippen LogP contribution in [0.3, 0.4) is 0 Å². The van der Waals surface area contributed by atoms with Crippen LogP contribution in [-0.2, 0) is 6.54 Å². The third-order valence-corrected chi connectivity index (χ3v) is 4.09. The third-order valence-electron chi connectivity index (χ3n) is 3.22. The zero-order chi connectivity index (χ0) is 14.1. The van der Waals surface area contributed by atoms with Gasteiger partial charge in [0, 0.05) is 11.3 Å². The van der Waals surface area contributed by atoms with E-state index in [1.54, 1.807) is 0 Å². The van der Waals surface area contributed by atoms with Crippen molar-refractivity contribution in [1.82, 2.24) is 10.3 Å². The number of benzene rings is 1. The number of phenols is 2. The Balaban J connectivity index is 1.64. The SMILES string of the molecule is O=C(NCc1nc(C2CC2)cs1)c1cccc(O)c1O. The lowest BCUT2D eigenvalue weighted by atomic mass is 10.1. The average Bonchev–Trinajstić information content (AvgIpc) is 3.18. The number of carbonyl (C=O) groups excluding carboxylic acids is 1. The van der Waals surface area contributed by atoms with E-state index < -0.39 is 11.7 Å². The highest BCUT2D eigenvalue weighted by molar-refractivity contribution is 7.09. The van der Waals surface area contributed by atoms with Crippen LogP contribution < -0.4 is 5.32 Å². The van der Waals surface area contributed by atoms with Gasteiger partial charge in [-0.15, -0.1) is 11.3 Å². The Labute approximate surface area is 119 Å². The van der Waals surface area contributed by atoms with Gasteiger partial charge in [0.15, 0.2) is 11.5 Å². The first-order chi connectivity index (χ1) is 9.65. The van der Waals surface area contributed by atoms with Crippen molar-refractivity contribution >= 4 is 17.2 Å². The van der Waals surface area contributed by atoms with E-state index in [0.717, 1.165) is 10.7 Å². The van der Waals surface area contributed by atoms with Gasteiger partial charge in [-0.3, -0.25) is 4.79 Å². The largest absolute Gasteiger partial charge is 0.504 e. The molecule has 1 heterocycles. The van der Waals surface area contributed by atoms with E-state index in [1.807, 2.05) is 5.38 Å².